The van der Waals surface area contributed by atoms with Gasteiger partial charge in [-0.15, -0.1) is 0 Å². The van der Waals surface area contributed by atoms with Gasteiger partial charge in [0.15, 0.2) is 5.78 Å². The second-order valence-corrected chi connectivity index (χ2v) is 5.27. The largest absolute Gasteiger partial charge is 0.387 e. The Morgan fingerprint density at radius 2 is 1.88 bits per heavy atom. The molecule has 3 nitrogen and oxygen atoms in total. The molecule has 0 amide bonds. The van der Waals surface area contributed by atoms with Crippen LogP contribution >= 0.6 is 0 Å². The van der Waals surface area contributed by atoms with Crippen molar-refractivity contribution < 1.29 is 4.79 Å². The molecular weight excluding hydrogens is 200 g/mol. The third-order valence-corrected chi connectivity index (χ3v) is 3.06. The van der Waals surface area contributed by atoms with Crippen molar-refractivity contribution in [3.05, 3.63) is 0 Å². The van der Waals surface area contributed by atoms with Gasteiger partial charge < -0.3 is 5.73 Å². The van der Waals surface area contributed by atoms with E-state index >= 15 is 0 Å². The summed E-state index contributed by atoms with van der Waals surface area (Å²) < 4.78 is 0. The zero-order valence-electron chi connectivity index (χ0n) is 11.5. The molecule has 2 atom stereocenters. The monoisotopic (exact) mass is 226 g/mol. The predicted molar refractivity (Wildman–Crippen MR) is 69.6 cm³/mol. The molecule has 0 saturated carbocycles. The molecule has 0 aliphatic carbocycles. The Balaban J connectivity index is 5.00. The fraction of sp³-hybridized carbons (Fsp3) is 0.846. The first-order valence-electron chi connectivity index (χ1n) is 6.09. The predicted octanol–water partition coefficient (Wildman–Crippen LogP) is 2.78. The maximum atomic E-state index is 11.7. The van der Waals surface area contributed by atoms with E-state index in [9.17, 15) is 4.79 Å². The summed E-state index contributed by atoms with van der Waals surface area (Å²) in [7, 11) is 0. The second kappa shape index (κ2) is 6.02. The number of carbonyl (C=O) groups is 1. The number of carbonyl (C=O) groups excluding carboxylic acids is 1. The van der Waals surface area contributed by atoms with E-state index in [2.05, 4.69) is 25.8 Å². The van der Waals surface area contributed by atoms with E-state index in [1.807, 2.05) is 13.8 Å². The van der Waals surface area contributed by atoms with E-state index in [1.165, 1.54) is 0 Å². The van der Waals surface area contributed by atoms with Gasteiger partial charge in [-0.1, -0.05) is 27.7 Å². The summed E-state index contributed by atoms with van der Waals surface area (Å²) in [5.74, 6) is 1.36. The van der Waals surface area contributed by atoms with E-state index in [-0.39, 0.29) is 11.7 Å². The first-order chi connectivity index (χ1) is 7.23. The third-order valence-electron chi connectivity index (χ3n) is 3.06. The number of rotatable bonds is 6. The fourth-order valence-corrected chi connectivity index (χ4v) is 1.67. The Morgan fingerprint density at radius 3 is 2.19 bits per heavy atom. The summed E-state index contributed by atoms with van der Waals surface area (Å²) in [6.45, 7) is 11.8. The van der Waals surface area contributed by atoms with E-state index in [0.29, 0.717) is 11.8 Å². The van der Waals surface area contributed by atoms with Gasteiger partial charge in [0.1, 0.15) is 5.54 Å². The normalized spacial score (nSPS) is 18.3. The summed E-state index contributed by atoms with van der Waals surface area (Å²) in [5.41, 5.74) is 5.27. The first kappa shape index (κ1) is 15.1. The lowest BCUT2D eigenvalue weighted by Crippen LogP contribution is -2.37. The van der Waals surface area contributed by atoms with Crippen LogP contribution in [-0.4, -0.2) is 17.2 Å². The molecule has 0 aromatic rings. The highest BCUT2D eigenvalue weighted by atomic mass is 16.1. The van der Waals surface area contributed by atoms with Gasteiger partial charge in [-0.25, -0.2) is 0 Å². The molecule has 0 radical (unpaired) electrons. The molecule has 0 heterocycles. The van der Waals surface area contributed by atoms with Crippen LogP contribution in [0.5, 0.6) is 0 Å². The molecule has 0 aliphatic rings. The van der Waals surface area contributed by atoms with Gasteiger partial charge >= 0.3 is 0 Å². The highest BCUT2D eigenvalue weighted by Crippen LogP contribution is 2.23. The molecule has 0 aromatic carbocycles. The summed E-state index contributed by atoms with van der Waals surface area (Å²) in [6.07, 6.45) is 1.70. The van der Waals surface area contributed by atoms with Crippen molar-refractivity contribution in [3.8, 4) is 0 Å². The topological polar surface area (TPSA) is 55.4 Å². The Labute approximate surface area is 99.5 Å². The molecule has 0 saturated heterocycles. The molecule has 0 aliphatic heterocycles. The molecule has 16 heavy (non-hydrogen) atoms. The number of ketones is 1. The van der Waals surface area contributed by atoms with Gasteiger partial charge in [0, 0.05) is 5.92 Å². The number of Topliss-reactive ketones (excluding diaryl/α,β-unsaturated/α-hetero) is 1. The fourth-order valence-electron chi connectivity index (χ4n) is 1.67. The van der Waals surface area contributed by atoms with Crippen molar-refractivity contribution in [3.63, 3.8) is 0 Å². The highest BCUT2D eigenvalue weighted by Gasteiger charge is 2.30. The standard InChI is InChI=1S/C13H26N2O/c1-7-10(4)12(14)15-13(6,11(5)16)8-9(2)3/h9-10H,7-8H2,1-6H3,(H2,14,15). The van der Waals surface area contributed by atoms with Crippen molar-refractivity contribution in [2.45, 2.75) is 59.9 Å². The van der Waals surface area contributed by atoms with Gasteiger partial charge in [0.25, 0.3) is 0 Å². The first-order valence-corrected chi connectivity index (χ1v) is 6.09. The van der Waals surface area contributed by atoms with E-state index in [0.717, 1.165) is 12.8 Å². The van der Waals surface area contributed by atoms with Gasteiger partial charge in [-0.3, -0.25) is 9.79 Å². The number of aliphatic imine (C=N–C) groups is 1. The molecule has 2 N–H and O–H groups in total. The lowest BCUT2D eigenvalue weighted by atomic mass is 9.87. The maximum absolute atomic E-state index is 11.7. The summed E-state index contributed by atoms with van der Waals surface area (Å²) >= 11 is 0. The van der Waals surface area contributed by atoms with E-state index < -0.39 is 5.54 Å². The summed E-state index contributed by atoms with van der Waals surface area (Å²) in [6, 6.07) is 0. The van der Waals surface area contributed by atoms with Gasteiger partial charge in [0.05, 0.1) is 5.84 Å². The van der Waals surface area contributed by atoms with Gasteiger partial charge in [-0.2, -0.15) is 0 Å². The Hall–Kier alpha value is -0.860. The molecule has 2 unspecified atom stereocenters. The van der Waals surface area contributed by atoms with Crippen molar-refractivity contribution in [2.24, 2.45) is 22.6 Å². The molecule has 0 rings (SSSR count). The summed E-state index contributed by atoms with van der Waals surface area (Å²) in [4.78, 5) is 16.1. The number of nitrogens with two attached hydrogens (primary N) is 1. The molecular formula is C13H26N2O. The van der Waals surface area contributed by atoms with Crippen molar-refractivity contribution >= 4 is 11.6 Å². The van der Waals surface area contributed by atoms with Crippen molar-refractivity contribution in [1.29, 1.82) is 0 Å². The van der Waals surface area contributed by atoms with Crippen molar-refractivity contribution in [2.75, 3.05) is 0 Å². The minimum atomic E-state index is -0.651. The van der Waals surface area contributed by atoms with E-state index in [1.54, 1.807) is 6.92 Å². The number of hydrogen-bond donors (Lipinski definition) is 1. The molecule has 0 bridgehead atoms. The molecule has 3 heteroatoms. The third kappa shape index (κ3) is 4.33. The number of nitrogens with zero attached hydrogens (tertiary/aromatic N) is 1. The lowest BCUT2D eigenvalue weighted by molar-refractivity contribution is -0.121. The van der Waals surface area contributed by atoms with Gasteiger partial charge in [-0.05, 0) is 32.6 Å². The highest BCUT2D eigenvalue weighted by molar-refractivity contribution is 5.91. The smallest absolute Gasteiger partial charge is 0.157 e. The minimum absolute atomic E-state index is 0.0902. The van der Waals surface area contributed by atoms with Crippen LogP contribution in [-0.2, 0) is 4.79 Å². The second-order valence-electron chi connectivity index (χ2n) is 5.27. The van der Waals surface area contributed by atoms with Crippen LogP contribution in [0.1, 0.15) is 54.4 Å². The van der Waals surface area contributed by atoms with Crippen LogP contribution in [0.3, 0.4) is 0 Å². The molecule has 94 valence electrons. The molecule has 0 aromatic heterocycles. The quantitative estimate of drug-likeness (QED) is 0.559. The van der Waals surface area contributed by atoms with Crippen molar-refractivity contribution in [1.82, 2.24) is 0 Å². The number of amidine groups is 1. The van der Waals surface area contributed by atoms with Crippen LogP contribution in [0, 0.1) is 11.8 Å². The number of hydrogen-bond acceptors (Lipinski definition) is 2. The summed E-state index contributed by atoms with van der Waals surface area (Å²) in [5, 5.41) is 0. The van der Waals surface area contributed by atoms with Crippen LogP contribution in [0.4, 0.5) is 0 Å². The van der Waals surface area contributed by atoms with Gasteiger partial charge in [0.2, 0.25) is 0 Å². The zero-order valence-corrected chi connectivity index (χ0v) is 11.5. The Bertz CT molecular complexity index is 271. The SMILES string of the molecule is CCC(C)C(N)=NC(C)(CC(C)C)C(C)=O. The Kier molecular flexibility index (Phi) is 5.70. The molecule has 0 fully saturated rings. The lowest BCUT2D eigenvalue weighted by Gasteiger charge is -2.26. The van der Waals surface area contributed by atoms with Crippen LogP contribution in [0.15, 0.2) is 4.99 Å². The minimum Gasteiger partial charge on any atom is -0.387 e. The van der Waals surface area contributed by atoms with Crippen LogP contribution < -0.4 is 5.73 Å². The zero-order chi connectivity index (χ0) is 12.9. The maximum Gasteiger partial charge on any atom is 0.157 e. The average Bonchev–Trinajstić information content (AvgIpc) is 2.14. The van der Waals surface area contributed by atoms with Crippen LogP contribution in [0.25, 0.3) is 0 Å². The van der Waals surface area contributed by atoms with E-state index in [4.69, 9.17) is 5.73 Å². The molecule has 0 spiro atoms. The van der Waals surface area contributed by atoms with Crippen LogP contribution in [0.2, 0.25) is 0 Å². The Morgan fingerprint density at radius 1 is 1.38 bits per heavy atom. The average molecular weight is 226 g/mol.